The molecule has 3 aromatic rings. The number of nitrogens with one attached hydrogen (secondary N) is 2. The van der Waals surface area contributed by atoms with Gasteiger partial charge in [-0.15, -0.1) is 0 Å². The lowest BCUT2D eigenvalue weighted by Crippen LogP contribution is -2.25. The van der Waals surface area contributed by atoms with Gasteiger partial charge in [0.25, 0.3) is 5.91 Å². The van der Waals surface area contributed by atoms with Gasteiger partial charge in [-0.05, 0) is 43.2 Å². The SMILES string of the molecule is CN(C)c1ccc(NC(=O)CSc2cc(-n3ccc(C(=O)NC4CC4)n3)ncn2)cc1. The minimum Gasteiger partial charge on any atom is -0.378 e. The molecule has 0 bridgehead atoms. The molecule has 9 nitrogen and oxygen atoms in total. The minimum absolute atomic E-state index is 0.124. The Morgan fingerprint density at radius 1 is 1.16 bits per heavy atom. The molecule has 0 aliphatic heterocycles. The highest BCUT2D eigenvalue weighted by Crippen LogP contribution is 2.20. The molecule has 1 aromatic carbocycles. The second-order valence-electron chi connectivity index (χ2n) is 7.39. The Labute approximate surface area is 184 Å². The molecule has 1 aliphatic rings. The molecule has 0 saturated heterocycles. The summed E-state index contributed by atoms with van der Waals surface area (Å²) in [6, 6.07) is 11.3. The van der Waals surface area contributed by atoms with Crippen LogP contribution in [0.15, 0.2) is 53.9 Å². The topological polar surface area (TPSA) is 105 Å². The first-order chi connectivity index (χ1) is 15.0. The number of hydrogen-bond acceptors (Lipinski definition) is 7. The maximum atomic E-state index is 12.3. The Balaban J connectivity index is 1.33. The van der Waals surface area contributed by atoms with Gasteiger partial charge < -0.3 is 15.5 Å². The van der Waals surface area contributed by atoms with Crippen molar-refractivity contribution in [3.63, 3.8) is 0 Å². The van der Waals surface area contributed by atoms with E-state index >= 15 is 0 Å². The van der Waals surface area contributed by atoms with Crippen LogP contribution in [0.25, 0.3) is 5.82 Å². The molecule has 0 radical (unpaired) electrons. The van der Waals surface area contributed by atoms with Gasteiger partial charge in [0.15, 0.2) is 11.5 Å². The summed E-state index contributed by atoms with van der Waals surface area (Å²) in [5.74, 6) is 0.434. The highest BCUT2D eigenvalue weighted by Gasteiger charge is 2.24. The van der Waals surface area contributed by atoms with Crippen molar-refractivity contribution >= 4 is 35.0 Å². The fourth-order valence-electron chi connectivity index (χ4n) is 2.77. The molecule has 10 heteroatoms. The highest BCUT2D eigenvalue weighted by atomic mass is 32.2. The average Bonchev–Trinajstić information content (AvgIpc) is 3.44. The van der Waals surface area contributed by atoms with E-state index in [0.717, 1.165) is 24.2 Å². The van der Waals surface area contributed by atoms with E-state index in [-0.39, 0.29) is 23.6 Å². The second-order valence-corrected chi connectivity index (χ2v) is 8.38. The van der Waals surface area contributed by atoms with E-state index in [4.69, 9.17) is 0 Å². The highest BCUT2D eigenvalue weighted by molar-refractivity contribution is 7.99. The largest absolute Gasteiger partial charge is 0.378 e. The smallest absolute Gasteiger partial charge is 0.272 e. The summed E-state index contributed by atoms with van der Waals surface area (Å²) in [7, 11) is 3.93. The second kappa shape index (κ2) is 9.17. The normalized spacial score (nSPS) is 13.0. The van der Waals surface area contributed by atoms with Crippen LogP contribution >= 0.6 is 11.8 Å². The quantitative estimate of drug-likeness (QED) is 0.412. The zero-order valence-electron chi connectivity index (χ0n) is 17.3. The van der Waals surface area contributed by atoms with Crippen LogP contribution in [0.1, 0.15) is 23.3 Å². The summed E-state index contributed by atoms with van der Waals surface area (Å²) in [6.07, 6.45) is 5.14. The third-order valence-corrected chi connectivity index (χ3v) is 5.54. The standard InChI is InChI=1S/C21H23N7O2S/c1-27(2)16-7-5-14(6-8-16)24-19(29)12-31-20-11-18(22-13-23-20)28-10-9-17(26-28)21(30)25-15-3-4-15/h5-11,13,15H,3-4,12H2,1-2H3,(H,24,29)(H,25,30). The number of amides is 2. The van der Waals surface area contributed by atoms with Crippen LogP contribution in [0, 0.1) is 0 Å². The van der Waals surface area contributed by atoms with E-state index in [2.05, 4.69) is 25.7 Å². The van der Waals surface area contributed by atoms with Gasteiger partial charge in [0.05, 0.1) is 5.75 Å². The predicted octanol–water partition coefficient (Wildman–Crippen LogP) is 2.35. The number of rotatable bonds is 8. The molecule has 160 valence electrons. The lowest BCUT2D eigenvalue weighted by molar-refractivity contribution is -0.113. The molecule has 2 aromatic heterocycles. The Bertz CT molecular complexity index is 1080. The number of aromatic nitrogens is 4. The van der Waals surface area contributed by atoms with Crippen LogP contribution < -0.4 is 15.5 Å². The number of hydrogen-bond donors (Lipinski definition) is 2. The van der Waals surface area contributed by atoms with Crippen LogP contribution in [0.5, 0.6) is 0 Å². The van der Waals surface area contributed by atoms with Gasteiger partial charge in [-0.25, -0.2) is 14.6 Å². The molecule has 0 atom stereocenters. The summed E-state index contributed by atoms with van der Waals surface area (Å²) < 4.78 is 1.53. The van der Waals surface area contributed by atoms with Gasteiger partial charge in [0.1, 0.15) is 11.4 Å². The van der Waals surface area contributed by atoms with E-state index in [1.165, 1.54) is 22.8 Å². The van der Waals surface area contributed by atoms with Gasteiger partial charge in [-0.2, -0.15) is 5.10 Å². The Hall–Kier alpha value is -3.40. The monoisotopic (exact) mass is 437 g/mol. The summed E-state index contributed by atoms with van der Waals surface area (Å²) in [4.78, 5) is 34.8. The van der Waals surface area contributed by atoms with Crippen molar-refractivity contribution in [3.8, 4) is 5.82 Å². The fourth-order valence-corrected chi connectivity index (χ4v) is 3.43. The van der Waals surface area contributed by atoms with E-state index in [1.54, 1.807) is 18.3 Å². The van der Waals surface area contributed by atoms with Crippen molar-refractivity contribution in [1.29, 1.82) is 0 Å². The number of carbonyl (C=O) groups excluding carboxylic acids is 2. The zero-order valence-corrected chi connectivity index (χ0v) is 18.1. The molecule has 1 fully saturated rings. The molecular weight excluding hydrogens is 414 g/mol. The Morgan fingerprint density at radius 2 is 1.94 bits per heavy atom. The maximum absolute atomic E-state index is 12.3. The predicted molar refractivity (Wildman–Crippen MR) is 120 cm³/mol. The van der Waals surface area contributed by atoms with Crippen LogP contribution in [0.4, 0.5) is 11.4 Å². The molecule has 2 heterocycles. The minimum atomic E-state index is -0.180. The Morgan fingerprint density at radius 3 is 2.65 bits per heavy atom. The van der Waals surface area contributed by atoms with Gasteiger partial charge in [0.2, 0.25) is 5.91 Å². The lowest BCUT2D eigenvalue weighted by Gasteiger charge is -2.13. The number of benzene rings is 1. The fraction of sp³-hybridized carbons (Fsp3) is 0.286. The number of anilines is 2. The number of thioether (sulfide) groups is 1. The molecule has 1 saturated carbocycles. The molecular formula is C21H23N7O2S. The van der Waals surface area contributed by atoms with E-state index in [1.807, 2.05) is 43.3 Å². The zero-order chi connectivity index (χ0) is 21.8. The summed E-state index contributed by atoms with van der Waals surface area (Å²) in [6.45, 7) is 0. The van der Waals surface area contributed by atoms with Gasteiger partial charge >= 0.3 is 0 Å². The van der Waals surface area contributed by atoms with Crippen molar-refractivity contribution in [2.45, 2.75) is 23.9 Å². The first-order valence-electron chi connectivity index (χ1n) is 9.87. The van der Waals surface area contributed by atoms with Gasteiger partial charge in [-0.1, -0.05) is 11.8 Å². The van der Waals surface area contributed by atoms with E-state index < -0.39 is 0 Å². The molecule has 0 spiro atoms. The van der Waals surface area contributed by atoms with Crippen LogP contribution in [0.2, 0.25) is 0 Å². The maximum Gasteiger partial charge on any atom is 0.272 e. The third-order valence-electron chi connectivity index (χ3n) is 4.62. The van der Waals surface area contributed by atoms with Crippen molar-refractivity contribution in [2.75, 3.05) is 30.1 Å². The van der Waals surface area contributed by atoms with Crippen LogP contribution in [-0.2, 0) is 4.79 Å². The molecule has 2 N–H and O–H groups in total. The number of carbonyl (C=O) groups is 2. The first kappa shape index (κ1) is 20.9. The van der Waals surface area contributed by atoms with Gasteiger partial charge in [-0.3, -0.25) is 9.59 Å². The van der Waals surface area contributed by atoms with Crippen molar-refractivity contribution in [3.05, 3.63) is 54.6 Å². The third kappa shape index (κ3) is 5.60. The number of nitrogens with zero attached hydrogens (tertiary/aromatic N) is 5. The summed E-state index contributed by atoms with van der Waals surface area (Å²) in [5.41, 5.74) is 2.15. The first-order valence-corrected chi connectivity index (χ1v) is 10.9. The van der Waals surface area contributed by atoms with Crippen molar-refractivity contribution in [2.24, 2.45) is 0 Å². The van der Waals surface area contributed by atoms with E-state index in [9.17, 15) is 9.59 Å². The summed E-state index contributed by atoms with van der Waals surface area (Å²) in [5, 5.41) is 10.7. The van der Waals surface area contributed by atoms with E-state index in [0.29, 0.717) is 16.5 Å². The molecule has 2 amide bonds. The molecule has 31 heavy (non-hydrogen) atoms. The molecule has 4 rings (SSSR count). The summed E-state index contributed by atoms with van der Waals surface area (Å²) >= 11 is 1.30. The molecule has 0 unspecified atom stereocenters. The Kier molecular flexibility index (Phi) is 6.17. The van der Waals surface area contributed by atoms with Crippen LogP contribution in [-0.4, -0.2) is 57.5 Å². The van der Waals surface area contributed by atoms with Crippen molar-refractivity contribution in [1.82, 2.24) is 25.1 Å². The average molecular weight is 438 g/mol. The molecule has 1 aliphatic carbocycles. The van der Waals surface area contributed by atoms with Gasteiger partial charge in [0, 0.05) is 43.8 Å². The lowest BCUT2D eigenvalue weighted by atomic mass is 10.2. The van der Waals surface area contributed by atoms with Crippen LogP contribution in [0.3, 0.4) is 0 Å². The van der Waals surface area contributed by atoms with Crippen molar-refractivity contribution < 1.29 is 9.59 Å².